The molecule has 1 aromatic rings. The van der Waals surface area contributed by atoms with Gasteiger partial charge in [-0.15, -0.1) is 13.2 Å². The van der Waals surface area contributed by atoms with E-state index >= 15 is 0 Å². The highest BCUT2D eigenvalue weighted by Crippen LogP contribution is 2.32. The van der Waals surface area contributed by atoms with Crippen molar-refractivity contribution in [3.05, 3.63) is 23.8 Å². The fourth-order valence-electron chi connectivity index (χ4n) is 2.87. The molecule has 0 fully saturated rings. The van der Waals surface area contributed by atoms with Crippen LogP contribution >= 0.6 is 0 Å². The van der Waals surface area contributed by atoms with E-state index in [-0.39, 0.29) is 18.6 Å². The van der Waals surface area contributed by atoms with Gasteiger partial charge in [-0.1, -0.05) is 0 Å². The van der Waals surface area contributed by atoms with Crippen molar-refractivity contribution in [3.8, 4) is 5.75 Å². The Morgan fingerprint density at radius 3 is 2.48 bits per heavy atom. The van der Waals surface area contributed by atoms with E-state index in [0.29, 0.717) is 11.3 Å². The van der Waals surface area contributed by atoms with Crippen LogP contribution in [0.3, 0.4) is 0 Å². The molecule has 0 bridgehead atoms. The van der Waals surface area contributed by atoms with Crippen LogP contribution in [-0.4, -0.2) is 39.9 Å². The Hall–Kier alpha value is -2.45. The van der Waals surface area contributed by atoms with Crippen LogP contribution in [0.2, 0.25) is 0 Å². The average molecular weight is 360 g/mol. The standard InChI is InChI=1S/C16H19F3N2O4/c1-15(2,3)21(14(23)24)12-7-4-9-8-10(25-16(17,18)19)5-6-11(9)20-13(12)22/h5-6,8,12H,4,7H2,1-3H3,(H,20,22)(H,23,24). The van der Waals surface area contributed by atoms with Gasteiger partial charge in [0.25, 0.3) is 0 Å². The van der Waals surface area contributed by atoms with E-state index in [9.17, 15) is 27.9 Å². The van der Waals surface area contributed by atoms with Crippen molar-refractivity contribution in [2.75, 3.05) is 5.32 Å². The number of amides is 2. The lowest BCUT2D eigenvalue weighted by atomic mass is 9.99. The van der Waals surface area contributed by atoms with E-state index in [2.05, 4.69) is 10.1 Å². The summed E-state index contributed by atoms with van der Waals surface area (Å²) in [6.07, 6.45) is -5.66. The van der Waals surface area contributed by atoms with Gasteiger partial charge in [-0.3, -0.25) is 9.69 Å². The monoisotopic (exact) mass is 360 g/mol. The van der Waals surface area contributed by atoms with Crippen LogP contribution in [0.15, 0.2) is 18.2 Å². The van der Waals surface area contributed by atoms with Crippen LogP contribution in [0.1, 0.15) is 32.8 Å². The number of carbonyl (C=O) groups excluding carboxylic acids is 1. The molecule has 0 aromatic heterocycles. The largest absolute Gasteiger partial charge is 0.573 e. The molecule has 138 valence electrons. The second-order valence-corrected chi connectivity index (χ2v) is 6.73. The molecular weight excluding hydrogens is 341 g/mol. The zero-order valence-corrected chi connectivity index (χ0v) is 14.0. The van der Waals surface area contributed by atoms with Crippen molar-refractivity contribution in [2.45, 2.75) is 51.6 Å². The van der Waals surface area contributed by atoms with Gasteiger partial charge in [0.05, 0.1) is 0 Å². The molecule has 1 aliphatic rings. The lowest BCUT2D eigenvalue weighted by molar-refractivity contribution is -0.274. The number of nitrogens with zero attached hydrogens (tertiary/aromatic N) is 1. The van der Waals surface area contributed by atoms with Crippen LogP contribution in [-0.2, 0) is 11.2 Å². The van der Waals surface area contributed by atoms with Crippen LogP contribution in [0.5, 0.6) is 5.75 Å². The molecule has 6 nitrogen and oxygen atoms in total. The number of carbonyl (C=O) groups is 2. The maximum Gasteiger partial charge on any atom is 0.573 e. The lowest BCUT2D eigenvalue weighted by Gasteiger charge is -2.38. The van der Waals surface area contributed by atoms with Gasteiger partial charge in [0, 0.05) is 11.2 Å². The lowest BCUT2D eigenvalue weighted by Crippen LogP contribution is -2.55. The van der Waals surface area contributed by atoms with Gasteiger partial charge in [-0.25, -0.2) is 4.79 Å². The summed E-state index contributed by atoms with van der Waals surface area (Å²) < 4.78 is 40.9. The topological polar surface area (TPSA) is 78.9 Å². The molecule has 0 aliphatic carbocycles. The number of halogens is 3. The molecule has 2 amide bonds. The SMILES string of the molecule is CC(C)(C)N(C(=O)O)C1CCc2cc(OC(F)(F)F)ccc2NC1=O. The molecule has 0 radical (unpaired) electrons. The number of hydrogen-bond donors (Lipinski definition) is 2. The fraction of sp³-hybridized carbons (Fsp3) is 0.500. The van der Waals surface area contributed by atoms with Crippen molar-refractivity contribution < 1.29 is 32.6 Å². The first-order valence-electron chi connectivity index (χ1n) is 7.60. The molecule has 1 unspecified atom stereocenters. The minimum absolute atomic E-state index is 0.151. The van der Waals surface area contributed by atoms with Gasteiger partial charge in [0.15, 0.2) is 0 Å². The van der Waals surface area contributed by atoms with Crippen molar-refractivity contribution in [3.63, 3.8) is 0 Å². The minimum Gasteiger partial charge on any atom is -0.465 e. The summed E-state index contributed by atoms with van der Waals surface area (Å²) in [6, 6.07) is 2.68. The predicted octanol–water partition coefficient (Wildman–Crippen LogP) is 3.62. The van der Waals surface area contributed by atoms with Gasteiger partial charge in [-0.05, 0) is 57.4 Å². The van der Waals surface area contributed by atoms with Gasteiger partial charge < -0.3 is 15.2 Å². The second-order valence-electron chi connectivity index (χ2n) is 6.73. The number of nitrogens with one attached hydrogen (secondary N) is 1. The number of benzene rings is 1. The highest BCUT2D eigenvalue weighted by atomic mass is 19.4. The highest BCUT2D eigenvalue weighted by molar-refractivity contribution is 5.98. The van der Waals surface area contributed by atoms with Gasteiger partial charge in [-0.2, -0.15) is 0 Å². The van der Waals surface area contributed by atoms with E-state index in [1.165, 1.54) is 12.1 Å². The number of aryl methyl sites for hydroxylation is 1. The van der Waals surface area contributed by atoms with Gasteiger partial charge >= 0.3 is 12.5 Å². The third-order valence-corrected chi connectivity index (χ3v) is 3.80. The molecule has 0 spiro atoms. The maximum atomic E-state index is 12.5. The average Bonchev–Trinajstić information content (AvgIpc) is 2.55. The Balaban J connectivity index is 2.29. The number of anilines is 1. The number of ether oxygens (including phenoxy) is 1. The van der Waals surface area contributed by atoms with E-state index in [4.69, 9.17) is 0 Å². The summed E-state index contributed by atoms with van der Waals surface area (Å²) in [5.41, 5.74) is -0.00678. The molecule has 25 heavy (non-hydrogen) atoms. The van der Waals surface area contributed by atoms with Crippen LogP contribution in [0.25, 0.3) is 0 Å². The quantitative estimate of drug-likeness (QED) is 0.844. The van der Waals surface area contributed by atoms with Crippen molar-refractivity contribution in [2.24, 2.45) is 0 Å². The normalized spacial score (nSPS) is 18.0. The molecule has 2 rings (SSSR count). The maximum absolute atomic E-state index is 12.5. The Morgan fingerprint density at radius 1 is 1.32 bits per heavy atom. The van der Waals surface area contributed by atoms with Gasteiger partial charge in [0.2, 0.25) is 5.91 Å². The van der Waals surface area contributed by atoms with Crippen LogP contribution in [0, 0.1) is 0 Å². The fourth-order valence-corrected chi connectivity index (χ4v) is 2.87. The molecule has 0 saturated heterocycles. The zero-order chi connectivity index (χ0) is 19.0. The summed E-state index contributed by atoms with van der Waals surface area (Å²) in [4.78, 5) is 25.1. The smallest absolute Gasteiger partial charge is 0.465 e. The summed E-state index contributed by atoms with van der Waals surface area (Å²) in [5.74, 6) is -0.898. The molecule has 1 heterocycles. The summed E-state index contributed by atoms with van der Waals surface area (Å²) >= 11 is 0. The number of hydrogen-bond acceptors (Lipinski definition) is 3. The first-order valence-corrected chi connectivity index (χ1v) is 7.60. The number of carboxylic acid groups (broad SMARTS) is 1. The predicted molar refractivity (Wildman–Crippen MR) is 83.5 cm³/mol. The van der Waals surface area contributed by atoms with E-state index < -0.39 is 29.9 Å². The van der Waals surface area contributed by atoms with E-state index in [1.807, 2.05) is 0 Å². The Kier molecular flexibility index (Phi) is 4.87. The highest BCUT2D eigenvalue weighted by Gasteiger charge is 2.39. The summed E-state index contributed by atoms with van der Waals surface area (Å²) in [6.45, 7) is 5.01. The third kappa shape index (κ3) is 4.55. The molecular formula is C16H19F3N2O4. The zero-order valence-electron chi connectivity index (χ0n) is 14.0. The summed E-state index contributed by atoms with van der Waals surface area (Å²) in [7, 11) is 0. The molecule has 1 atom stereocenters. The van der Waals surface area contributed by atoms with Crippen LogP contribution in [0.4, 0.5) is 23.7 Å². The Bertz CT molecular complexity index is 683. The Labute approximate surface area is 142 Å². The summed E-state index contributed by atoms with van der Waals surface area (Å²) in [5, 5.41) is 12.0. The molecule has 1 aromatic carbocycles. The van der Waals surface area contributed by atoms with Crippen LogP contribution < -0.4 is 10.1 Å². The molecule has 9 heteroatoms. The molecule has 2 N–H and O–H groups in total. The first kappa shape index (κ1) is 18.9. The Morgan fingerprint density at radius 2 is 1.96 bits per heavy atom. The first-order chi connectivity index (χ1) is 11.4. The van der Waals surface area contributed by atoms with E-state index in [1.54, 1.807) is 20.8 Å². The van der Waals surface area contributed by atoms with Gasteiger partial charge in [0.1, 0.15) is 11.8 Å². The third-order valence-electron chi connectivity index (χ3n) is 3.80. The number of fused-ring (bicyclic) bond motifs is 1. The van der Waals surface area contributed by atoms with Crippen molar-refractivity contribution >= 4 is 17.7 Å². The number of rotatable bonds is 2. The second kappa shape index (κ2) is 6.45. The molecule has 1 aliphatic heterocycles. The van der Waals surface area contributed by atoms with Crippen molar-refractivity contribution in [1.82, 2.24) is 4.90 Å². The molecule has 0 saturated carbocycles. The van der Waals surface area contributed by atoms with E-state index in [0.717, 1.165) is 11.0 Å². The number of alkyl halides is 3. The minimum atomic E-state index is -4.81. The van der Waals surface area contributed by atoms with Crippen molar-refractivity contribution in [1.29, 1.82) is 0 Å².